The summed E-state index contributed by atoms with van der Waals surface area (Å²) in [6.07, 6.45) is 0. The highest BCUT2D eigenvalue weighted by Crippen LogP contribution is 2.17. The Morgan fingerprint density at radius 3 is 2.62 bits per heavy atom. The summed E-state index contributed by atoms with van der Waals surface area (Å²) in [5.74, 6) is 0.578. The number of hydrogen-bond acceptors (Lipinski definition) is 4. The van der Waals surface area contributed by atoms with Gasteiger partial charge in [0, 0.05) is 24.3 Å². The predicted molar refractivity (Wildman–Crippen MR) is 87.6 cm³/mol. The van der Waals surface area contributed by atoms with Crippen molar-refractivity contribution in [1.29, 1.82) is 0 Å². The molecule has 0 aliphatic rings. The lowest BCUT2D eigenvalue weighted by Crippen LogP contribution is -2.41. The summed E-state index contributed by atoms with van der Waals surface area (Å²) in [5, 5.41) is 5.89. The van der Waals surface area contributed by atoms with E-state index in [9.17, 15) is 4.79 Å². The first-order chi connectivity index (χ1) is 9.82. The van der Waals surface area contributed by atoms with Crippen molar-refractivity contribution in [3.8, 4) is 5.75 Å². The van der Waals surface area contributed by atoms with E-state index in [1.165, 1.54) is 0 Å². The molecule has 0 heterocycles. The van der Waals surface area contributed by atoms with Gasteiger partial charge in [-0.25, -0.2) is 0 Å². The van der Waals surface area contributed by atoms with Crippen LogP contribution >= 0.6 is 12.2 Å². The van der Waals surface area contributed by atoms with Crippen LogP contribution in [0.5, 0.6) is 5.75 Å². The van der Waals surface area contributed by atoms with Crippen LogP contribution in [0, 0.1) is 5.41 Å². The number of carbonyl (C=O) groups is 1. The lowest BCUT2D eigenvalue weighted by molar-refractivity contribution is -0.126. The highest BCUT2D eigenvalue weighted by atomic mass is 32.1. The predicted octanol–water partition coefficient (Wildman–Crippen LogP) is 2.57. The van der Waals surface area contributed by atoms with Crippen molar-refractivity contribution < 1.29 is 14.3 Å². The Kier molecular flexibility index (Phi) is 6.58. The summed E-state index contributed by atoms with van der Waals surface area (Å²) in [5.41, 5.74) is 0.265. The van der Waals surface area contributed by atoms with Crippen LogP contribution in [0.15, 0.2) is 24.3 Å². The molecule has 0 radical (unpaired) electrons. The van der Waals surface area contributed by atoms with Crippen LogP contribution in [-0.2, 0) is 9.53 Å². The fourth-order valence-electron chi connectivity index (χ4n) is 1.36. The highest BCUT2D eigenvalue weighted by molar-refractivity contribution is 7.80. The second-order valence-corrected chi connectivity index (χ2v) is 5.94. The van der Waals surface area contributed by atoms with Crippen LogP contribution in [0.1, 0.15) is 20.8 Å². The molecule has 21 heavy (non-hydrogen) atoms. The molecular weight excluding hydrogens is 288 g/mol. The molecule has 5 nitrogen and oxygen atoms in total. The Balaban J connectivity index is 2.56. The van der Waals surface area contributed by atoms with Crippen molar-refractivity contribution in [3.05, 3.63) is 24.3 Å². The van der Waals surface area contributed by atoms with Crippen LogP contribution < -0.4 is 15.4 Å². The van der Waals surface area contributed by atoms with E-state index in [0.29, 0.717) is 19.0 Å². The van der Waals surface area contributed by atoms with Crippen LogP contribution in [0.25, 0.3) is 0 Å². The minimum atomic E-state index is -0.489. The Bertz CT molecular complexity index is 498. The van der Waals surface area contributed by atoms with Crippen molar-refractivity contribution in [2.45, 2.75) is 20.8 Å². The van der Waals surface area contributed by atoms with Gasteiger partial charge >= 0.3 is 0 Å². The zero-order valence-corrected chi connectivity index (χ0v) is 13.7. The first kappa shape index (κ1) is 17.4. The molecule has 116 valence electrons. The van der Waals surface area contributed by atoms with E-state index >= 15 is 0 Å². The van der Waals surface area contributed by atoms with Crippen LogP contribution in [0.4, 0.5) is 5.69 Å². The smallest absolute Gasteiger partial charge is 0.231 e. The van der Waals surface area contributed by atoms with Gasteiger partial charge in [0.05, 0.1) is 6.61 Å². The van der Waals surface area contributed by atoms with E-state index in [1.807, 2.05) is 45.0 Å². The van der Waals surface area contributed by atoms with Gasteiger partial charge < -0.3 is 20.1 Å². The third-order valence-electron chi connectivity index (χ3n) is 2.56. The quantitative estimate of drug-likeness (QED) is 0.646. The second kappa shape index (κ2) is 7.95. The number of amides is 1. The molecule has 1 amide bonds. The summed E-state index contributed by atoms with van der Waals surface area (Å²) < 4.78 is 10.4. The molecule has 2 N–H and O–H groups in total. The van der Waals surface area contributed by atoms with E-state index in [-0.39, 0.29) is 11.0 Å². The van der Waals surface area contributed by atoms with E-state index < -0.39 is 5.41 Å². The fourth-order valence-corrected chi connectivity index (χ4v) is 1.57. The third-order valence-corrected chi connectivity index (χ3v) is 2.76. The largest absolute Gasteiger partial charge is 0.491 e. The Labute approximate surface area is 131 Å². The lowest BCUT2D eigenvalue weighted by Gasteiger charge is -2.18. The zero-order chi connectivity index (χ0) is 15.9. The molecule has 0 atom stereocenters. The number of methoxy groups -OCH3 is 1. The summed E-state index contributed by atoms with van der Waals surface area (Å²) in [6.45, 7) is 6.49. The van der Waals surface area contributed by atoms with Gasteiger partial charge in [0.15, 0.2) is 5.11 Å². The lowest BCUT2D eigenvalue weighted by atomic mass is 9.96. The minimum Gasteiger partial charge on any atom is -0.491 e. The first-order valence-electron chi connectivity index (χ1n) is 6.67. The molecule has 1 aromatic rings. The number of benzene rings is 1. The van der Waals surface area contributed by atoms with E-state index in [1.54, 1.807) is 7.11 Å². The van der Waals surface area contributed by atoms with Gasteiger partial charge in [-0.05, 0) is 24.4 Å². The van der Waals surface area contributed by atoms with Crippen molar-refractivity contribution in [2.75, 3.05) is 25.6 Å². The third kappa shape index (κ3) is 6.55. The maximum Gasteiger partial charge on any atom is 0.231 e. The topological polar surface area (TPSA) is 59.6 Å². The summed E-state index contributed by atoms with van der Waals surface area (Å²) in [7, 11) is 1.62. The molecule has 1 rings (SSSR count). The van der Waals surface area contributed by atoms with Crippen molar-refractivity contribution in [1.82, 2.24) is 5.32 Å². The molecule has 6 heteroatoms. The number of rotatable bonds is 5. The van der Waals surface area contributed by atoms with Crippen LogP contribution in [0.3, 0.4) is 0 Å². The number of anilines is 1. The van der Waals surface area contributed by atoms with Crippen molar-refractivity contribution in [3.63, 3.8) is 0 Å². The second-order valence-electron chi connectivity index (χ2n) is 5.53. The summed E-state index contributed by atoms with van der Waals surface area (Å²) >= 11 is 5.13. The normalized spacial score (nSPS) is 10.9. The van der Waals surface area contributed by atoms with Gasteiger partial charge in [0.2, 0.25) is 5.91 Å². The minimum absolute atomic E-state index is 0.132. The summed E-state index contributed by atoms with van der Waals surface area (Å²) in [4.78, 5) is 11.8. The zero-order valence-electron chi connectivity index (χ0n) is 12.9. The monoisotopic (exact) mass is 310 g/mol. The fraction of sp³-hybridized carbons (Fsp3) is 0.467. The Morgan fingerprint density at radius 2 is 2.00 bits per heavy atom. The standard InChI is InChI=1S/C15H22N2O3S/c1-15(2,3)13(18)17-14(21)16-11-6-5-7-12(10-11)20-9-8-19-4/h5-7,10H,8-9H2,1-4H3,(H2,16,17,18,21). The van der Waals surface area contributed by atoms with Crippen molar-refractivity contribution in [2.24, 2.45) is 5.41 Å². The number of nitrogens with one attached hydrogen (secondary N) is 2. The summed E-state index contributed by atoms with van der Waals surface area (Å²) in [6, 6.07) is 7.35. The average Bonchev–Trinajstić information content (AvgIpc) is 2.38. The molecule has 0 spiro atoms. The van der Waals surface area contributed by atoms with Crippen molar-refractivity contribution >= 4 is 28.9 Å². The molecule has 0 saturated carbocycles. The maximum atomic E-state index is 11.8. The first-order valence-corrected chi connectivity index (χ1v) is 7.08. The molecule has 0 bridgehead atoms. The van der Waals surface area contributed by atoms with Gasteiger partial charge in [-0.15, -0.1) is 0 Å². The van der Waals surface area contributed by atoms with E-state index in [0.717, 1.165) is 5.69 Å². The molecule has 0 saturated heterocycles. The Morgan fingerprint density at radius 1 is 1.29 bits per heavy atom. The highest BCUT2D eigenvalue weighted by Gasteiger charge is 2.21. The molecule has 0 aliphatic heterocycles. The molecule has 0 aromatic heterocycles. The average molecular weight is 310 g/mol. The van der Waals surface area contributed by atoms with E-state index in [2.05, 4.69) is 10.6 Å². The maximum absolute atomic E-state index is 11.8. The number of thiocarbonyl (C=S) groups is 1. The number of carbonyl (C=O) groups excluding carboxylic acids is 1. The van der Waals surface area contributed by atoms with Gasteiger partial charge in [-0.2, -0.15) is 0 Å². The number of ether oxygens (including phenoxy) is 2. The van der Waals surface area contributed by atoms with E-state index in [4.69, 9.17) is 21.7 Å². The van der Waals surface area contributed by atoms with Gasteiger partial charge in [-0.3, -0.25) is 4.79 Å². The molecule has 0 fully saturated rings. The molecule has 0 unspecified atom stereocenters. The van der Waals surface area contributed by atoms with Gasteiger partial charge in [0.25, 0.3) is 0 Å². The van der Waals surface area contributed by atoms with Crippen LogP contribution in [0.2, 0.25) is 0 Å². The van der Waals surface area contributed by atoms with Gasteiger partial charge in [-0.1, -0.05) is 26.8 Å². The SMILES string of the molecule is COCCOc1cccc(NC(=S)NC(=O)C(C)(C)C)c1. The molecule has 1 aromatic carbocycles. The molecular formula is C15H22N2O3S. The molecule has 0 aliphatic carbocycles. The van der Waals surface area contributed by atoms with Crippen LogP contribution in [-0.4, -0.2) is 31.3 Å². The van der Waals surface area contributed by atoms with Gasteiger partial charge in [0.1, 0.15) is 12.4 Å². The Hall–Kier alpha value is -1.66. The number of hydrogen-bond donors (Lipinski definition) is 2.